The van der Waals surface area contributed by atoms with Gasteiger partial charge in [0.25, 0.3) is 5.91 Å². The molecule has 1 aliphatic rings. The number of carbonyl (C=O) groups excluding carboxylic acids is 1. The van der Waals surface area contributed by atoms with Crippen molar-refractivity contribution in [3.8, 4) is 0 Å². The Morgan fingerprint density at radius 2 is 1.94 bits per heavy atom. The van der Waals surface area contributed by atoms with Gasteiger partial charge < -0.3 is 14.5 Å². The Balaban J connectivity index is 0.00000256. The lowest BCUT2D eigenvalue weighted by Crippen LogP contribution is -2.45. The number of hydrogen-bond donors (Lipinski definition) is 0. The summed E-state index contributed by atoms with van der Waals surface area (Å²) in [6.45, 7) is 2.83. The van der Waals surface area contributed by atoms with Gasteiger partial charge in [0, 0.05) is 13.1 Å². The number of amides is 1. The van der Waals surface area contributed by atoms with E-state index in [1.165, 1.54) is 4.90 Å². The Morgan fingerprint density at radius 1 is 1.41 bits per heavy atom. The van der Waals surface area contributed by atoms with E-state index in [4.69, 9.17) is 39.5 Å². The summed E-state index contributed by atoms with van der Waals surface area (Å²) in [6, 6.07) is 0. The minimum absolute atomic E-state index is 0. The second kappa shape index (κ2) is 6.64. The molecule has 8 heteroatoms. The van der Waals surface area contributed by atoms with Crippen molar-refractivity contribution < 1.29 is 9.53 Å². The lowest BCUT2D eigenvalue weighted by Gasteiger charge is -2.29. The maximum absolute atomic E-state index is 11.8. The fourth-order valence-corrected chi connectivity index (χ4v) is 1.97. The molecule has 1 fully saturated rings. The smallest absolute Gasteiger partial charge is 0.253 e. The first kappa shape index (κ1) is 17.6. The van der Waals surface area contributed by atoms with E-state index in [1.54, 1.807) is 6.92 Å². The van der Waals surface area contributed by atoms with Crippen LogP contribution >= 0.6 is 47.2 Å². The molecule has 0 bridgehead atoms. The van der Waals surface area contributed by atoms with Crippen molar-refractivity contribution in [1.29, 1.82) is 0 Å². The van der Waals surface area contributed by atoms with E-state index in [-0.39, 0.29) is 18.3 Å². The zero-order valence-corrected chi connectivity index (χ0v) is 12.9. The number of likely N-dealkylation sites (N-methyl/N-ethyl adjacent to an activating group) is 1. The molecule has 1 saturated heterocycles. The third-order valence-corrected chi connectivity index (χ3v) is 2.88. The van der Waals surface area contributed by atoms with Crippen molar-refractivity contribution in [1.82, 2.24) is 9.80 Å². The summed E-state index contributed by atoms with van der Waals surface area (Å²) in [6.07, 6.45) is -1.36. The molecule has 0 aromatic heterocycles. The van der Waals surface area contributed by atoms with Crippen LogP contribution < -0.4 is 0 Å². The number of carbonyl (C=O) groups is 1. The summed E-state index contributed by atoms with van der Waals surface area (Å²) in [7, 11) is 3.82. The maximum atomic E-state index is 11.8. The van der Waals surface area contributed by atoms with Crippen LogP contribution in [0.3, 0.4) is 0 Å². The molecule has 2 atom stereocenters. The molecule has 0 aromatic carbocycles. The maximum Gasteiger partial charge on any atom is 0.253 e. The van der Waals surface area contributed by atoms with E-state index < -0.39 is 16.1 Å². The molecule has 0 spiro atoms. The molecule has 1 heterocycles. The zero-order chi connectivity index (χ0) is 12.5. The van der Waals surface area contributed by atoms with Gasteiger partial charge in [-0.3, -0.25) is 4.79 Å². The SMILES string of the molecule is CC1OC(C(Cl)(Cl)Cl)N(CCN(C)C)C1=O.Cl. The van der Waals surface area contributed by atoms with Gasteiger partial charge in [0.15, 0.2) is 6.23 Å². The van der Waals surface area contributed by atoms with Crippen molar-refractivity contribution in [2.45, 2.75) is 23.0 Å². The van der Waals surface area contributed by atoms with Crippen molar-refractivity contribution in [2.24, 2.45) is 0 Å². The van der Waals surface area contributed by atoms with Crippen molar-refractivity contribution in [3.05, 3.63) is 0 Å². The molecule has 2 unspecified atom stereocenters. The zero-order valence-electron chi connectivity index (χ0n) is 9.82. The van der Waals surface area contributed by atoms with E-state index in [0.29, 0.717) is 13.1 Å². The number of alkyl halides is 3. The second-order valence-corrected chi connectivity index (χ2v) is 6.38. The number of nitrogens with zero attached hydrogens (tertiary/aromatic N) is 2. The highest BCUT2D eigenvalue weighted by Crippen LogP contribution is 2.38. The lowest BCUT2D eigenvalue weighted by atomic mass is 10.3. The van der Waals surface area contributed by atoms with Gasteiger partial charge in [-0.25, -0.2) is 0 Å². The molecule has 0 aliphatic carbocycles. The van der Waals surface area contributed by atoms with Gasteiger partial charge in [0.2, 0.25) is 3.79 Å². The van der Waals surface area contributed by atoms with Crippen LogP contribution in [-0.2, 0) is 9.53 Å². The van der Waals surface area contributed by atoms with Crippen molar-refractivity contribution >= 4 is 53.1 Å². The van der Waals surface area contributed by atoms with Crippen LogP contribution in [0.15, 0.2) is 0 Å². The fraction of sp³-hybridized carbons (Fsp3) is 0.889. The van der Waals surface area contributed by atoms with Crippen LogP contribution in [0.1, 0.15) is 6.92 Å². The first-order valence-corrected chi connectivity index (χ1v) is 6.04. The molecular weight excluding hydrogens is 310 g/mol. The first-order chi connectivity index (χ1) is 7.23. The van der Waals surface area contributed by atoms with Crippen LogP contribution in [0.5, 0.6) is 0 Å². The topological polar surface area (TPSA) is 32.8 Å². The van der Waals surface area contributed by atoms with Crippen LogP contribution in [-0.4, -0.2) is 59.0 Å². The predicted octanol–water partition coefficient (Wildman–Crippen LogP) is 1.91. The highest BCUT2D eigenvalue weighted by atomic mass is 35.6. The van der Waals surface area contributed by atoms with Gasteiger partial charge in [-0.15, -0.1) is 12.4 Å². The highest BCUT2D eigenvalue weighted by Gasteiger charge is 2.48. The lowest BCUT2D eigenvalue weighted by molar-refractivity contribution is -0.130. The molecule has 0 radical (unpaired) electrons. The summed E-state index contributed by atoms with van der Waals surface area (Å²) in [5, 5.41) is 0. The molecule has 17 heavy (non-hydrogen) atoms. The summed E-state index contributed by atoms with van der Waals surface area (Å²) in [5.41, 5.74) is 0. The van der Waals surface area contributed by atoms with Gasteiger partial charge >= 0.3 is 0 Å². The highest BCUT2D eigenvalue weighted by molar-refractivity contribution is 6.68. The number of ether oxygens (including phenoxy) is 1. The average molecular weight is 326 g/mol. The van der Waals surface area contributed by atoms with E-state index in [1.807, 2.05) is 19.0 Å². The average Bonchev–Trinajstić information content (AvgIpc) is 2.40. The molecule has 1 rings (SSSR count). The van der Waals surface area contributed by atoms with E-state index in [0.717, 1.165) is 0 Å². The monoisotopic (exact) mass is 324 g/mol. The molecule has 0 aromatic rings. The van der Waals surface area contributed by atoms with Crippen molar-refractivity contribution in [3.63, 3.8) is 0 Å². The van der Waals surface area contributed by atoms with Gasteiger partial charge in [-0.1, -0.05) is 34.8 Å². The van der Waals surface area contributed by atoms with E-state index >= 15 is 0 Å². The Kier molecular flexibility index (Phi) is 6.85. The summed E-state index contributed by atoms with van der Waals surface area (Å²) in [5.74, 6) is -0.141. The third-order valence-electron chi connectivity index (χ3n) is 2.32. The summed E-state index contributed by atoms with van der Waals surface area (Å²) < 4.78 is 3.73. The van der Waals surface area contributed by atoms with Crippen LogP contribution in [0.25, 0.3) is 0 Å². The van der Waals surface area contributed by atoms with Crippen LogP contribution in [0.4, 0.5) is 0 Å². The number of halogens is 4. The summed E-state index contributed by atoms with van der Waals surface area (Å²) >= 11 is 17.3. The van der Waals surface area contributed by atoms with Gasteiger partial charge in [0.05, 0.1) is 0 Å². The second-order valence-electron chi connectivity index (χ2n) is 4.01. The Bertz CT molecular complexity index is 270. The Hall–Kier alpha value is 0.550. The molecule has 1 aliphatic heterocycles. The molecule has 0 saturated carbocycles. The molecule has 102 valence electrons. The largest absolute Gasteiger partial charge is 0.341 e. The Morgan fingerprint density at radius 3 is 2.35 bits per heavy atom. The van der Waals surface area contributed by atoms with E-state index in [9.17, 15) is 4.79 Å². The quantitative estimate of drug-likeness (QED) is 0.743. The number of rotatable bonds is 3. The van der Waals surface area contributed by atoms with Crippen LogP contribution in [0.2, 0.25) is 0 Å². The predicted molar refractivity (Wildman–Crippen MR) is 72.1 cm³/mol. The normalized spacial score (nSPS) is 25.4. The molecular formula is C9H16Cl4N2O2. The standard InChI is InChI=1S/C9H15Cl3N2O2.ClH/c1-6-7(15)14(5-4-13(2)3)8(16-6)9(10,11)12;/h6,8H,4-5H2,1-3H3;1H. The number of hydrogen-bond acceptors (Lipinski definition) is 3. The minimum atomic E-state index is -1.62. The molecule has 0 N–H and O–H groups in total. The summed E-state index contributed by atoms with van der Waals surface area (Å²) in [4.78, 5) is 15.2. The fourth-order valence-electron chi connectivity index (χ4n) is 1.46. The first-order valence-electron chi connectivity index (χ1n) is 4.91. The van der Waals surface area contributed by atoms with Crippen molar-refractivity contribution in [2.75, 3.05) is 27.2 Å². The third kappa shape index (κ3) is 4.62. The Labute approximate surface area is 123 Å². The van der Waals surface area contributed by atoms with Gasteiger partial charge in [-0.05, 0) is 21.0 Å². The molecule has 1 amide bonds. The van der Waals surface area contributed by atoms with E-state index in [2.05, 4.69) is 0 Å². The minimum Gasteiger partial charge on any atom is -0.341 e. The van der Waals surface area contributed by atoms with Gasteiger partial charge in [0.1, 0.15) is 6.10 Å². The molecule has 4 nitrogen and oxygen atoms in total. The van der Waals surface area contributed by atoms with Gasteiger partial charge in [-0.2, -0.15) is 0 Å². The van der Waals surface area contributed by atoms with Crippen LogP contribution in [0, 0.1) is 0 Å².